The summed E-state index contributed by atoms with van der Waals surface area (Å²) in [6.45, 7) is 8.43. The van der Waals surface area contributed by atoms with Crippen LogP contribution < -0.4 is 15.5 Å². The number of hydrazone groups is 1. The molecule has 3 aromatic rings. The molecule has 2 N–H and O–H groups in total. The van der Waals surface area contributed by atoms with Gasteiger partial charge < -0.3 is 14.6 Å². The lowest BCUT2D eigenvalue weighted by Crippen LogP contribution is -2.37. The number of nitrogens with zero attached hydrogens (tertiary/aromatic N) is 2. The topological polar surface area (TPSA) is 84.7 Å². The number of benzene rings is 2. The van der Waals surface area contributed by atoms with E-state index in [4.69, 9.17) is 4.74 Å². The second-order valence-electron chi connectivity index (χ2n) is 7.63. The van der Waals surface area contributed by atoms with Crippen molar-refractivity contribution in [2.45, 2.75) is 34.2 Å². The molecule has 0 bridgehead atoms. The van der Waals surface area contributed by atoms with E-state index in [-0.39, 0.29) is 6.54 Å². The maximum Gasteiger partial charge on any atom is 0.329 e. The maximum absolute atomic E-state index is 12.1. The minimum Gasteiger partial charge on any atom is -0.497 e. The molecular formula is C25H28N4O3. The molecule has 0 unspecified atom stereocenters. The molecule has 0 fully saturated rings. The number of carbonyl (C=O) groups excluding carboxylic acids is 2. The van der Waals surface area contributed by atoms with Crippen molar-refractivity contribution in [1.82, 2.24) is 15.3 Å². The summed E-state index contributed by atoms with van der Waals surface area (Å²) in [4.78, 5) is 24.1. The molecule has 1 aromatic heterocycles. The molecule has 0 spiro atoms. The summed E-state index contributed by atoms with van der Waals surface area (Å²) in [6, 6.07) is 15.4. The number of nitrogens with one attached hydrogen (secondary N) is 2. The van der Waals surface area contributed by atoms with Crippen LogP contribution in [0.1, 0.15) is 33.6 Å². The highest BCUT2D eigenvalue weighted by Crippen LogP contribution is 2.25. The molecule has 32 heavy (non-hydrogen) atoms. The summed E-state index contributed by atoms with van der Waals surface area (Å²) < 4.78 is 7.27. The smallest absolute Gasteiger partial charge is 0.329 e. The number of aromatic nitrogens is 1. The first-order valence-corrected chi connectivity index (χ1v) is 10.3. The predicted molar refractivity (Wildman–Crippen MR) is 125 cm³/mol. The first-order valence-electron chi connectivity index (χ1n) is 10.3. The van der Waals surface area contributed by atoms with Crippen LogP contribution in [0.5, 0.6) is 5.75 Å². The van der Waals surface area contributed by atoms with E-state index in [2.05, 4.69) is 46.4 Å². The Morgan fingerprint density at radius 3 is 2.28 bits per heavy atom. The number of para-hydroxylation sites is 1. The molecule has 1 heterocycles. The number of ether oxygens (including phenoxy) is 1. The zero-order valence-electron chi connectivity index (χ0n) is 19.0. The summed E-state index contributed by atoms with van der Waals surface area (Å²) in [5.74, 6) is -0.846. The average Bonchev–Trinajstić information content (AvgIpc) is 3.05. The quantitative estimate of drug-likeness (QED) is 0.355. The molecule has 0 radical (unpaired) electrons. The van der Waals surface area contributed by atoms with E-state index in [1.165, 1.54) is 11.1 Å². The van der Waals surface area contributed by atoms with Crippen LogP contribution >= 0.6 is 0 Å². The van der Waals surface area contributed by atoms with Gasteiger partial charge in [-0.25, -0.2) is 5.43 Å². The highest BCUT2D eigenvalue weighted by molar-refractivity contribution is 6.35. The molecule has 7 nitrogen and oxygen atoms in total. The van der Waals surface area contributed by atoms with Crippen LogP contribution in [0.25, 0.3) is 5.69 Å². The van der Waals surface area contributed by atoms with Crippen LogP contribution in [0.2, 0.25) is 0 Å². The van der Waals surface area contributed by atoms with Crippen LogP contribution in [-0.2, 0) is 16.1 Å². The zero-order valence-corrected chi connectivity index (χ0v) is 19.0. The molecule has 7 heteroatoms. The van der Waals surface area contributed by atoms with Gasteiger partial charge in [-0.1, -0.05) is 30.3 Å². The van der Waals surface area contributed by atoms with E-state index >= 15 is 0 Å². The Bertz CT molecular complexity index is 1140. The standard InChI is InChI=1S/C25H28N4O3/c1-16-7-6-8-17(2)23(16)29-18(3)13-21(19(29)4)15-27-28-25(31)24(30)26-14-20-9-11-22(32-5)12-10-20/h6-13,15H,14H2,1-5H3,(H,26,30)(H,28,31)/b27-15-. The molecule has 2 amide bonds. The largest absolute Gasteiger partial charge is 0.497 e. The Morgan fingerprint density at radius 1 is 1.00 bits per heavy atom. The fourth-order valence-corrected chi connectivity index (χ4v) is 3.64. The summed E-state index contributed by atoms with van der Waals surface area (Å²) in [5, 5.41) is 6.55. The summed E-state index contributed by atoms with van der Waals surface area (Å²) >= 11 is 0. The Hall–Kier alpha value is -3.87. The fourth-order valence-electron chi connectivity index (χ4n) is 3.64. The van der Waals surface area contributed by atoms with Gasteiger partial charge in [0.05, 0.1) is 19.0 Å². The Balaban J connectivity index is 1.63. The van der Waals surface area contributed by atoms with Crippen LogP contribution in [0.3, 0.4) is 0 Å². The Kier molecular flexibility index (Phi) is 7.10. The predicted octanol–water partition coefficient (Wildman–Crippen LogP) is 3.49. The van der Waals surface area contributed by atoms with Crippen molar-refractivity contribution >= 4 is 18.0 Å². The molecular weight excluding hydrogens is 404 g/mol. The van der Waals surface area contributed by atoms with Crippen molar-refractivity contribution in [3.63, 3.8) is 0 Å². The maximum atomic E-state index is 12.1. The van der Waals surface area contributed by atoms with Gasteiger partial charge >= 0.3 is 11.8 Å². The molecule has 0 aliphatic carbocycles. The van der Waals surface area contributed by atoms with E-state index in [1.54, 1.807) is 25.5 Å². The SMILES string of the molecule is COc1ccc(CNC(=O)C(=O)N/N=C\c2cc(C)n(-c3c(C)cccc3C)c2C)cc1. The van der Waals surface area contributed by atoms with Gasteiger partial charge in [-0.05, 0) is 62.6 Å². The van der Waals surface area contributed by atoms with E-state index < -0.39 is 11.8 Å². The van der Waals surface area contributed by atoms with Crippen LogP contribution in [-0.4, -0.2) is 29.7 Å². The van der Waals surface area contributed by atoms with Gasteiger partial charge in [-0.15, -0.1) is 0 Å². The van der Waals surface area contributed by atoms with Crippen molar-refractivity contribution in [2.75, 3.05) is 7.11 Å². The molecule has 3 rings (SSSR count). The normalized spacial score (nSPS) is 10.9. The number of amides is 2. The second-order valence-corrected chi connectivity index (χ2v) is 7.63. The third-order valence-corrected chi connectivity index (χ3v) is 5.32. The summed E-state index contributed by atoms with van der Waals surface area (Å²) in [6.07, 6.45) is 1.56. The highest BCUT2D eigenvalue weighted by atomic mass is 16.5. The van der Waals surface area contributed by atoms with E-state index in [9.17, 15) is 9.59 Å². The number of hydrogen-bond acceptors (Lipinski definition) is 4. The number of hydrogen-bond donors (Lipinski definition) is 2. The Morgan fingerprint density at radius 2 is 1.66 bits per heavy atom. The lowest BCUT2D eigenvalue weighted by atomic mass is 10.1. The average molecular weight is 433 g/mol. The van der Waals surface area contributed by atoms with E-state index in [0.29, 0.717) is 0 Å². The van der Waals surface area contributed by atoms with Crippen LogP contribution in [0.15, 0.2) is 53.6 Å². The van der Waals surface area contributed by atoms with Crippen molar-refractivity contribution < 1.29 is 14.3 Å². The van der Waals surface area contributed by atoms with Gasteiger partial charge in [0.1, 0.15) is 5.75 Å². The van der Waals surface area contributed by atoms with Gasteiger partial charge in [-0.2, -0.15) is 5.10 Å². The van der Waals surface area contributed by atoms with Crippen LogP contribution in [0, 0.1) is 27.7 Å². The van der Waals surface area contributed by atoms with Gasteiger partial charge in [0.15, 0.2) is 0 Å². The molecule has 0 aliphatic rings. The fraction of sp³-hybridized carbons (Fsp3) is 0.240. The lowest BCUT2D eigenvalue weighted by molar-refractivity contribution is -0.139. The van der Waals surface area contributed by atoms with Crippen LogP contribution in [0.4, 0.5) is 0 Å². The zero-order chi connectivity index (χ0) is 23.3. The second kappa shape index (κ2) is 9.96. The molecule has 0 aliphatic heterocycles. The Labute approximate surface area is 188 Å². The lowest BCUT2D eigenvalue weighted by Gasteiger charge is -2.15. The minimum atomic E-state index is -0.821. The monoisotopic (exact) mass is 432 g/mol. The van der Waals surface area contributed by atoms with Crippen molar-refractivity contribution in [3.05, 3.63) is 82.2 Å². The molecule has 0 saturated heterocycles. The molecule has 0 atom stereocenters. The van der Waals surface area contributed by atoms with Crippen molar-refractivity contribution in [3.8, 4) is 11.4 Å². The minimum absolute atomic E-state index is 0.233. The molecule has 0 saturated carbocycles. The third kappa shape index (κ3) is 5.06. The molecule has 166 valence electrons. The van der Waals surface area contributed by atoms with Gasteiger partial charge in [-0.3, -0.25) is 9.59 Å². The first kappa shape index (κ1) is 22.8. The summed E-state index contributed by atoms with van der Waals surface area (Å²) in [5.41, 5.74) is 9.57. The number of rotatable bonds is 6. The number of carbonyl (C=O) groups is 2. The van der Waals surface area contributed by atoms with Gasteiger partial charge in [0, 0.05) is 23.5 Å². The number of aryl methyl sites for hydroxylation is 3. The first-order chi connectivity index (χ1) is 15.3. The molecule has 2 aromatic carbocycles. The van der Waals surface area contributed by atoms with Gasteiger partial charge in [0.2, 0.25) is 0 Å². The van der Waals surface area contributed by atoms with Gasteiger partial charge in [0.25, 0.3) is 0 Å². The third-order valence-electron chi connectivity index (χ3n) is 5.32. The summed E-state index contributed by atoms with van der Waals surface area (Å²) in [7, 11) is 1.59. The van der Waals surface area contributed by atoms with E-state index in [0.717, 1.165) is 34.0 Å². The number of methoxy groups -OCH3 is 1. The van der Waals surface area contributed by atoms with Crippen molar-refractivity contribution in [2.24, 2.45) is 5.10 Å². The van der Waals surface area contributed by atoms with E-state index in [1.807, 2.05) is 38.1 Å². The highest BCUT2D eigenvalue weighted by Gasteiger charge is 2.14. The van der Waals surface area contributed by atoms with Crippen molar-refractivity contribution in [1.29, 1.82) is 0 Å².